The zero-order chi connectivity index (χ0) is 61.2. The molecular weight excluding hydrogens is 1040 g/mol. The Morgan fingerprint density at radius 1 is 0.369 bits per heavy atom. The van der Waals surface area contributed by atoms with Crippen molar-refractivity contribution in [1.29, 1.82) is 0 Å². The summed E-state index contributed by atoms with van der Waals surface area (Å²) < 4.78 is 23.0. The molecule has 1 N–H and O–H groups in total. The molecule has 2 unspecified atom stereocenters. The lowest BCUT2D eigenvalue weighted by atomic mass is 10.0. The highest BCUT2D eigenvalue weighted by atomic mass is 16.7. The van der Waals surface area contributed by atoms with E-state index in [-0.39, 0.29) is 38.2 Å². The topological polar surface area (TPSA) is 108 Å². The molecule has 0 rings (SSSR count). The molecule has 492 valence electrons. The monoisotopic (exact) mass is 1180 g/mol. The lowest BCUT2D eigenvalue weighted by Gasteiger charge is -2.25. The van der Waals surface area contributed by atoms with E-state index in [0.717, 1.165) is 64.2 Å². The number of carbonyl (C=O) groups excluding carboxylic acids is 2. The van der Waals surface area contributed by atoms with Crippen LogP contribution in [0.5, 0.6) is 0 Å². The number of carbonyl (C=O) groups is 3. The van der Waals surface area contributed by atoms with Gasteiger partial charge < -0.3 is 28.5 Å². The summed E-state index contributed by atoms with van der Waals surface area (Å²) in [5, 5.41) is 9.75. The maximum atomic E-state index is 13.0. The summed E-state index contributed by atoms with van der Waals surface area (Å²) in [7, 11) is 5.99. The van der Waals surface area contributed by atoms with E-state index in [0.29, 0.717) is 17.4 Å². The molecular formula is C75H140NO8+. The number of hydrogen-bond acceptors (Lipinski definition) is 7. The van der Waals surface area contributed by atoms with Crippen LogP contribution in [0, 0.1) is 0 Å². The fourth-order valence-corrected chi connectivity index (χ4v) is 10.8. The Kier molecular flexibility index (Phi) is 64.0. The third-order valence-electron chi connectivity index (χ3n) is 16.3. The number of ether oxygens (including phenoxy) is 4. The fourth-order valence-electron chi connectivity index (χ4n) is 10.8. The molecule has 0 aromatic carbocycles. The highest BCUT2D eigenvalue weighted by Gasteiger charge is 2.25. The Hall–Kier alpha value is -2.75. The van der Waals surface area contributed by atoms with Gasteiger partial charge in [0.25, 0.3) is 6.29 Å². The van der Waals surface area contributed by atoms with Gasteiger partial charge in [0.2, 0.25) is 0 Å². The molecule has 0 saturated carbocycles. The van der Waals surface area contributed by atoms with Gasteiger partial charge >= 0.3 is 17.9 Å². The number of rotatable bonds is 68. The first-order valence-electron chi connectivity index (χ1n) is 36.3. The van der Waals surface area contributed by atoms with Crippen molar-refractivity contribution in [2.24, 2.45) is 0 Å². The average molecular weight is 1180 g/mol. The van der Waals surface area contributed by atoms with Crippen molar-refractivity contribution in [2.45, 2.75) is 367 Å². The maximum Gasteiger partial charge on any atom is 0.361 e. The van der Waals surface area contributed by atoms with Crippen molar-refractivity contribution < 1.29 is 42.9 Å². The Bertz CT molecular complexity index is 1520. The minimum Gasteiger partial charge on any atom is -0.477 e. The SMILES string of the molecule is CC/C=C\C/C=C\C/C=C\C/C=C\CCCCCCCCCCCCCCCCCCCCCCC(=O)OC(COC(=O)CCCCCCCCCCCCCCCCCCCCCCCCCCCC)COC(OCC[N+](C)(C)C)C(=O)O. The number of hydrogen-bond donors (Lipinski definition) is 1. The molecule has 0 bridgehead atoms. The summed E-state index contributed by atoms with van der Waals surface area (Å²) in [6.45, 7) is 4.84. The second kappa shape index (κ2) is 66.2. The quantitative estimate of drug-likeness (QED) is 0.0211. The van der Waals surface area contributed by atoms with Crippen LogP contribution in [0.3, 0.4) is 0 Å². The molecule has 9 nitrogen and oxygen atoms in total. The van der Waals surface area contributed by atoms with Gasteiger partial charge in [-0.15, -0.1) is 0 Å². The van der Waals surface area contributed by atoms with Crippen molar-refractivity contribution in [3.63, 3.8) is 0 Å². The van der Waals surface area contributed by atoms with Gasteiger partial charge in [-0.3, -0.25) is 9.59 Å². The molecule has 84 heavy (non-hydrogen) atoms. The number of carboxylic acids is 1. The van der Waals surface area contributed by atoms with Crippen LogP contribution in [0.25, 0.3) is 0 Å². The zero-order valence-corrected chi connectivity index (χ0v) is 56.3. The number of allylic oxidation sites excluding steroid dienone is 8. The molecule has 0 aromatic heterocycles. The van der Waals surface area contributed by atoms with Crippen LogP contribution in [0.15, 0.2) is 48.6 Å². The number of aliphatic carboxylic acids is 1. The number of esters is 2. The Labute approximate surface area is 521 Å². The van der Waals surface area contributed by atoms with Crippen molar-refractivity contribution in [2.75, 3.05) is 47.5 Å². The average Bonchev–Trinajstić information content (AvgIpc) is 3.51. The number of likely N-dealkylation sites (N-methyl/N-ethyl adjacent to an activating group) is 1. The third-order valence-corrected chi connectivity index (χ3v) is 16.3. The zero-order valence-electron chi connectivity index (χ0n) is 56.3. The molecule has 2 atom stereocenters. The minimum atomic E-state index is -1.51. The van der Waals surface area contributed by atoms with Gasteiger partial charge in [-0.1, -0.05) is 339 Å². The molecule has 0 aromatic rings. The molecule has 0 heterocycles. The van der Waals surface area contributed by atoms with Gasteiger partial charge in [-0.25, -0.2) is 4.79 Å². The number of unbranched alkanes of at least 4 members (excludes halogenated alkanes) is 45. The summed E-state index contributed by atoms with van der Waals surface area (Å²) in [4.78, 5) is 37.6. The van der Waals surface area contributed by atoms with Crippen molar-refractivity contribution >= 4 is 17.9 Å². The summed E-state index contributed by atoms with van der Waals surface area (Å²) in [5.74, 6) is -1.97. The van der Waals surface area contributed by atoms with Crippen LogP contribution in [-0.2, 0) is 33.3 Å². The predicted molar refractivity (Wildman–Crippen MR) is 360 cm³/mol. The van der Waals surface area contributed by atoms with Crippen molar-refractivity contribution in [3.05, 3.63) is 48.6 Å². The van der Waals surface area contributed by atoms with Crippen LogP contribution in [-0.4, -0.2) is 87.4 Å². The largest absolute Gasteiger partial charge is 0.477 e. The lowest BCUT2D eigenvalue weighted by Crippen LogP contribution is -2.40. The lowest BCUT2D eigenvalue weighted by molar-refractivity contribution is -0.870. The van der Waals surface area contributed by atoms with Crippen LogP contribution in [0.4, 0.5) is 0 Å². The Morgan fingerprint density at radius 2 is 0.679 bits per heavy atom. The molecule has 0 aliphatic rings. The molecule has 0 spiro atoms. The van der Waals surface area contributed by atoms with E-state index < -0.39 is 18.4 Å². The van der Waals surface area contributed by atoms with Crippen molar-refractivity contribution in [1.82, 2.24) is 0 Å². The second-order valence-electron chi connectivity index (χ2n) is 25.9. The van der Waals surface area contributed by atoms with Gasteiger partial charge in [0.15, 0.2) is 6.10 Å². The summed E-state index contributed by atoms with van der Waals surface area (Å²) in [5.41, 5.74) is 0. The Morgan fingerprint density at radius 3 is 1.01 bits per heavy atom. The van der Waals surface area contributed by atoms with E-state index in [1.54, 1.807) is 0 Å². The van der Waals surface area contributed by atoms with Crippen LogP contribution >= 0.6 is 0 Å². The molecule has 0 saturated heterocycles. The minimum absolute atomic E-state index is 0.176. The normalized spacial score (nSPS) is 12.9. The highest BCUT2D eigenvalue weighted by Crippen LogP contribution is 2.19. The molecule has 0 aliphatic heterocycles. The van der Waals surface area contributed by atoms with Crippen molar-refractivity contribution in [3.8, 4) is 0 Å². The first kappa shape index (κ1) is 81.2. The summed E-state index contributed by atoms with van der Waals surface area (Å²) >= 11 is 0. The first-order valence-corrected chi connectivity index (χ1v) is 36.3. The second-order valence-corrected chi connectivity index (χ2v) is 25.9. The van der Waals surface area contributed by atoms with Crippen LogP contribution in [0.1, 0.15) is 354 Å². The van der Waals surface area contributed by atoms with E-state index in [1.165, 1.54) is 263 Å². The smallest absolute Gasteiger partial charge is 0.361 e. The maximum absolute atomic E-state index is 13.0. The molecule has 0 amide bonds. The van der Waals surface area contributed by atoms with Gasteiger partial charge in [0.1, 0.15) is 13.2 Å². The predicted octanol–water partition coefficient (Wildman–Crippen LogP) is 22.5. The molecule has 0 radical (unpaired) electrons. The van der Waals surface area contributed by atoms with E-state index in [2.05, 4.69) is 62.5 Å². The van der Waals surface area contributed by atoms with Crippen LogP contribution < -0.4 is 0 Å². The number of quaternary nitrogens is 1. The van der Waals surface area contributed by atoms with Gasteiger partial charge in [0, 0.05) is 12.8 Å². The van der Waals surface area contributed by atoms with E-state index in [9.17, 15) is 19.5 Å². The standard InChI is InChI=1S/C75H139NO8/c1-6-8-10-12-14-16-18-20-22-24-26-28-30-32-34-35-36-37-38-39-40-42-44-46-48-50-52-54-56-58-60-62-64-66-73(78)84-71(70-83-75(74(79)80)81-68-67-76(3,4)5)69-82-72(77)65-63-61-59-57-55-53-51-49-47-45-43-41-33-31-29-27-25-23-21-19-17-15-13-11-9-7-2/h8,10,14,16,20,22,26,28,71,75H,6-7,9,11-13,15,17-19,21,23-25,27,29-70H2,1-5H3/p+1/b10-8-,16-14-,22-20-,28-26-. The molecule has 9 heteroatoms. The van der Waals surface area contributed by atoms with Gasteiger partial charge in [0.05, 0.1) is 34.4 Å². The van der Waals surface area contributed by atoms with Crippen LogP contribution in [0.2, 0.25) is 0 Å². The first-order chi connectivity index (χ1) is 41.1. The van der Waals surface area contributed by atoms with E-state index in [4.69, 9.17) is 18.9 Å². The molecule has 0 fully saturated rings. The van der Waals surface area contributed by atoms with E-state index >= 15 is 0 Å². The summed E-state index contributed by atoms with van der Waals surface area (Å²) in [6.07, 6.45) is 82.4. The highest BCUT2D eigenvalue weighted by molar-refractivity contribution is 5.71. The molecule has 0 aliphatic carbocycles. The fraction of sp³-hybridized carbons (Fsp3) is 0.853. The van der Waals surface area contributed by atoms with E-state index in [1.807, 2.05) is 21.1 Å². The van der Waals surface area contributed by atoms with Gasteiger partial charge in [-0.05, 0) is 51.4 Å². The summed E-state index contributed by atoms with van der Waals surface area (Å²) in [6, 6.07) is 0. The Balaban J connectivity index is 4.03. The number of carboxylic acid groups (broad SMARTS) is 1. The number of nitrogens with zero attached hydrogens (tertiary/aromatic N) is 1. The third kappa shape index (κ3) is 66.8. The van der Waals surface area contributed by atoms with Gasteiger partial charge in [-0.2, -0.15) is 0 Å².